The van der Waals surface area contributed by atoms with E-state index in [0.717, 1.165) is 18.4 Å². The molecule has 0 unspecified atom stereocenters. The fourth-order valence-corrected chi connectivity index (χ4v) is 2.71. The summed E-state index contributed by atoms with van der Waals surface area (Å²) in [5, 5.41) is -0.477. The number of methoxy groups -OCH3 is 1. The van der Waals surface area contributed by atoms with Crippen LogP contribution in [0.4, 0.5) is 13.2 Å². The topological polar surface area (TPSA) is 81.7 Å². The van der Waals surface area contributed by atoms with Gasteiger partial charge in [0.2, 0.25) is 10.0 Å². The van der Waals surface area contributed by atoms with E-state index in [9.17, 15) is 26.4 Å². The van der Waals surface area contributed by atoms with Gasteiger partial charge in [-0.05, 0) is 36.4 Å². The van der Waals surface area contributed by atoms with Gasteiger partial charge in [-0.15, -0.1) is 0 Å². The summed E-state index contributed by atoms with van der Waals surface area (Å²) < 4.78 is 73.3. The molecule has 0 saturated heterocycles. The average Bonchev–Trinajstić information content (AvgIpc) is 2.54. The van der Waals surface area contributed by atoms with Gasteiger partial charge in [0.25, 0.3) is 5.91 Å². The van der Waals surface area contributed by atoms with E-state index in [4.69, 9.17) is 21.1 Å². The van der Waals surface area contributed by atoms with Crippen molar-refractivity contribution >= 4 is 27.5 Å². The third-order valence-corrected chi connectivity index (χ3v) is 4.06. The molecule has 0 fully saturated rings. The van der Waals surface area contributed by atoms with Gasteiger partial charge < -0.3 is 9.47 Å². The van der Waals surface area contributed by atoms with Crippen LogP contribution in [0.15, 0.2) is 36.4 Å². The second kappa shape index (κ2) is 7.65. The molecule has 0 aliphatic carbocycles. The number of hydrogen-bond acceptors (Lipinski definition) is 5. The van der Waals surface area contributed by atoms with Crippen LogP contribution in [0, 0.1) is 0 Å². The van der Waals surface area contributed by atoms with Gasteiger partial charge in [0, 0.05) is 5.56 Å². The highest BCUT2D eigenvalue weighted by Gasteiger charge is 2.33. The van der Waals surface area contributed by atoms with Gasteiger partial charge in [0.15, 0.2) is 11.5 Å². The Morgan fingerprint density at radius 2 is 1.78 bits per heavy atom. The number of rotatable bonds is 5. The largest absolute Gasteiger partial charge is 0.493 e. The highest BCUT2D eigenvalue weighted by molar-refractivity contribution is 7.89. The van der Waals surface area contributed by atoms with Crippen LogP contribution < -0.4 is 14.2 Å². The van der Waals surface area contributed by atoms with Crippen LogP contribution in [-0.2, 0) is 16.2 Å². The molecule has 6 nitrogen and oxygen atoms in total. The first kappa shape index (κ1) is 20.8. The molecule has 1 N–H and O–H groups in total. The monoisotopic (exact) mass is 423 g/mol. The summed E-state index contributed by atoms with van der Waals surface area (Å²) in [6.45, 7) is 0. The summed E-state index contributed by atoms with van der Waals surface area (Å²) in [7, 11) is -2.51. The third-order valence-electron chi connectivity index (χ3n) is 3.17. The van der Waals surface area contributed by atoms with Crippen LogP contribution in [0.2, 0.25) is 5.02 Å². The number of hydrogen-bond donors (Lipinski definition) is 1. The van der Waals surface area contributed by atoms with Crippen LogP contribution in [-0.4, -0.2) is 27.7 Å². The molecule has 2 aromatic carbocycles. The van der Waals surface area contributed by atoms with E-state index >= 15 is 0 Å². The Morgan fingerprint density at radius 3 is 2.33 bits per heavy atom. The lowest BCUT2D eigenvalue weighted by Gasteiger charge is -2.14. The molecule has 0 aliphatic rings. The Morgan fingerprint density at radius 1 is 1.11 bits per heavy atom. The van der Waals surface area contributed by atoms with Crippen LogP contribution in [0.25, 0.3) is 0 Å². The number of halogens is 4. The van der Waals surface area contributed by atoms with Crippen molar-refractivity contribution in [2.75, 3.05) is 13.4 Å². The number of amides is 1. The zero-order valence-electron chi connectivity index (χ0n) is 13.9. The number of carbonyl (C=O) groups is 1. The maximum Gasteiger partial charge on any atom is 0.417 e. The Labute approximate surface area is 157 Å². The Hall–Kier alpha value is -2.46. The fraction of sp³-hybridized carbons (Fsp3) is 0.188. The lowest BCUT2D eigenvalue weighted by Crippen LogP contribution is -2.29. The first-order valence-electron chi connectivity index (χ1n) is 7.15. The molecule has 27 heavy (non-hydrogen) atoms. The molecule has 0 radical (unpaired) electrons. The van der Waals surface area contributed by atoms with E-state index in [1.165, 1.54) is 31.4 Å². The molecule has 0 heterocycles. The van der Waals surface area contributed by atoms with E-state index in [-0.39, 0.29) is 22.8 Å². The number of benzene rings is 2. The summed E-state index contributed by atoms with van der Waals surface area (Å²) in [6.07, 6.45) is -3.84. The molecular weight excluding hydrogens is 411 g/mol. The number of sulfonamides is 1. The summed E-state index contributed by atoms with van der Waals surface area (Å²) in [5.41, 5.74) is -1.11. The Balaban J connectivity index is 2.34. The smallest absolute Gasteiger partial charge is 0.417 e. The van der Waals surface area contributed by atoms with Gasteiger partial charge in [-0.3, -0.25) is 4.79 Å². The van der Waals surface area contributed by atoms with Crippen LogP contribution in [0.1, 0.15) is 15.9 Å². The van der Waals surface area contributed by atoms with Crippen molar-refractivity contribution < 1.29 is 35.9 Å². The molecule has 0 spiro atoms. The second-order valence-corrected chi connectivity index (χ2v) is 7.47. The lowest BCUT2D eigenvalue weighted by molar-refractivity contribution is -0.137. The SMILES string of the molecule is COc1cc(C(=O)NS(C)(=O)=O)ccc1Oc1ccc(Cl)c(C(F)(F)F)c1. The number of nitrogens with one attached hydrogen (secondary N) is 1. The zero-order valence-corrected chi connectivity index (χ0v) is 15.5. The van der Waals surface area contributed by atoms with Crippen molar-refractivity contribution in [2.45, 2.75) is 6.18 Å². The molecule has 2 rings (SSSR count). The standard InChI is InChI=1S/C16H13ClF3NO5S/c1-25-14-7-9(15(22)21-27(2,23)24)3-6-13(14)26-10-4-5-12(17)11(8-10)16(18,19)20/h3-8H,1-2H3,(H,21,22). The minimum absolute atomic E-state index is 0.0136. The van der Waals surface area contributed by atoms with E-state index in [0.29, 0.717) is 0 Å². The predicted molar refractivity (Wildman–Crippen MR) is 91.8 cm³/mol. The Kier molecular flexibility index (Phi) is 5.91. The molecule has 146 valence electrons. The second-order valence-electron chi connectivity index (χ2n) is 5.31. The van der Waals surface area contributed by atoms with Crippen molar-refractivity contribution in [3.63, 3.8) is 0 Å². The van der Waals surface area contributed by atoms with E-state index in [1.807, 2.05) is 0 Å². The highest BCUT2D eigenvalue weighted by atomic mass is 35.5. The predicted octanol–water partition coefficient (Wildman–Crippen LogP) is 3.85. The van der Waals surface area contributed by atoms with Crippen LogP contribution in [0.3, 0.4) is 0 Å². The van der Waals surface area contributed by atoms with Gasteiger partial charge in [0.1, 0.15) is 5.75 Å². The number of ether oxygens (including phenoxy) is 2. The van der Waals surface area contributed by atoms with Crippen LogP contribution in [0.5, 0.6) is 17.2 Å². The van der Waals surface area contributed by atoms with Crippen molar-refractivity contribution in [3.8, 4) is 17.2 Å². The van der Waals surface area contributed by atoms with Gasteiger partial charge >= 0.3 is 6.18 Å². The highest BCUT2D eigenvalue weighted by Crippen LogP contribution is 2.39. The summed E-state index contributed by atoms with van der Waals surface area (Å²) >= 11 is 5.56. The minimum atomic E-state index is -4.66. The van der Waals surface area contributed by atoms with E-state index in [2.05, 4.69) is 0 Å². The molecule has 1 amide bonds. The summed E-state index contributed by atoms with van der Waals surface area (Å²) in [5.74, 6) is -1.02. The number of alkyl halides is 3. The minimum Gasteiger partial charge on any atom is -0.493 e. The molecule has 0 saturated carbocycles. The zero-order chi connectivity index (χ0) is 20.4. The number of carbonyl (C=O) groups excluding carboxylic acids is 1. The molecule has 0 atom stereocenters. The molecule has 0 aromatic heterocycles. The fourth-order valence-electron chi connectivity index (χ4n) is 2.03. The first-order chi connectivity index (χ1) is 12.4. The van der Waals surface area contributed by atoms with E-state index < -0.39 is 32.7 Å². The maximum atomic E-state index is 12.9. The molecule has 2 aromatic rings. The average molecular weight is 424 g/mol. The van der Waals surface area contributed by atoms with Crippen molar-refractivity contribution in [1.29, 1.82) is 0 Å². The molecule has 11 heteroatoms. The quantitative estimate of drug-likeness (QED) is 0.790. The first-order valence-corrected chi connectivity index (χ1v) is 9.42. The van der Waals surface area contributed by atoms with Crippen molar-refractivity contribution in [1.82, 2.24) is 4.72 Å². The Bertz CT molecular complexity index is 977. The van der Waals surface area contributed by atoms with Gasteiger partial charge in [-0.1, -0.05) is 11.6 Å². The third kappa shape index (κ3) is 5.51. The van der Waals surface area contributed by atoms with Gasteiger partial charge in [-0.2, -0.15) is 13.2 Å². The van der Waals surface area contributed by atoms with Gasteiger partial charge in [0.05, 0.1) is 24.0 Å². The maximum absolute atomic E-state index is 12.9. The molecule has 0 aliphatic heterocycles. The van der Waals surface area contributed by atoms with Crippen molar-refractivity contribution in [3.05, 3.63) is 52.5 Å². The summed E-state index contributed by atoms with van der Waals surface area (Å²) in [6, 6.07) is 6.70. The molecule has 0 bridgehead atoms. The van der Waals surface area contributed by atoms with Gasteiger partial charge in [-0.25, -0.2) is 13.1 Å². The van der Waals surface area contributed by atoms with E-state index in [1.54, 1.807) is 4.72 Å². The lowest BCUT2D eigenvalue weighted by atomic mass is 10.2. The van der Waals surface area contributed by atoms with Crippen molar-refractivity contribution in [2.24, 2.45) is 0 Å². The van der Waals surface area contributed by atoms with Crippen LogP contribution >= 0.6 is 11.6 Å². The normalized spacial score (nSPS) is 11.8. The molecular formula is C16H13ClF3NO5S. The summed E-state index contributed by atoms with van der Waals surface area (Å²) in [4.78, 5) is 11.9.